The van der Waals surface area contributed by atoms with Crippen LogP contribution in [0.5, 0.6) is 0 Å². The van der Waals surface area contributed by atoms with E-state index in [-0.39, 0.29) is 17.7 Å². The van der Waals surface area contributed by atoms with Crippen molar-refractivity contribution in [2.75, 3.05) is 6.61 Å². The van der Waals surface area contributed by atoms with Crippen molar-refractivity contribution < 1.29 is 14.3 Å². The minimum atomic E-state index is -0.317. The van der Waals surface area contributed by atoms with Crippen LogP contribution in [0.25, 0.3) is 0 Å². The number of esters is 1. The number of aromatic nitrogens is 1. The second kappa shape index (κ2) is 7.39. The molecule has 4 nitrogen and oxygen atoms in total. The van der Waals surface area contributed by atoms with E-state index < -0.39 is 0 Å². The van der Waals surface area contributed by atoms with Gasteiger partial charge in [-0.1, -0.05) is 25.3 Å². The van der Waals surface area contributed by atoms with E-state index >= 15 is 0 Å². The molecular formula is C21H25NO3S. The number of hydrogen-bond donors (Lipinski definition) is 1. The van der Waals surface area contributed by atoms with E-state index in [1.54, 1.807) is 11.3 Å². The maximum Gasteiger partial charge on any atom is 0.355 e. The van der Waals surface area contributed by atoms with Gasteiger partial charge in [-0.15, -0.1) is 11.3 Å². The van der Waals surface area contributed by atoms with Gasteiger partial charge in [0.2, 0.25) is 0 Å². The number of ketones is 1. The number of nitrogens with one attached hydrogen (secondary N) is 1. The first kappa shape index (κ1) is 17.5. The van der Waals surface area contributed by atoms with E-state index in [1.165, 1.54) is 24.1 Å². The maximum atomic E-state index is 12.7. The zero-order valence-corrected chi connectivity index (χ0v) is 16.0. The number of thiophene rings is 1. The highest BCUT2D eigenvalue weighted by molar-refractivity contribution is 7.10. The lowest BCUT2D eigenvalue weighted by Gasteiger charge is -2.20. The van der Waals surface area contributed by atoms with Crippen LogP contribution in [0.1, 0.15) is 81.4 Å². The average Bonchev–Trinajstić information content (AvgIpc) is 3.29. The van der Waals surface area contributed by atoms with Crippen LogP contribution >= 0.6 is 11.3 Å². The molecule has 2 aromatic rings. The van der Waals surface area contributed by atoms with Crippen LogP contribution in [0, 0.1) is 12.8 Å². The van der Waals surface area contributed by atoms with Crippen molar-refractivity contribution >= 4 is 23.1 Å². The number of carbonyl (C=O) groups excluding carboxylic acids is 2. The first-order chi connectivity index (χ1) is 12.6. The summed E-state index contributed by atoms with van der Waals surface area (Å²) >= 11 is 1.69. The molecule has 5 heteroatoms. The highest BCUT2D eigenvalue weighted by Crippen LogP contribution is 2.36. The maximum absolute atomic E-state index is 12.7. The van der Waals surface area contributed by atoms with E-state index in [4.69, 9.17) is 4.74 Å². The van der Waals surface area contributed by atoms with Crippen molar-refractivity contribution in [1.29, 1.82) is 0 Å². The monoisotopic (exact) mass is 371 g/mol. The number of fused-ring (bicyclic) bond motifs is 1. The molecule has 2 aliphatic rings. The van der Waals surface area contributed by atoms with Crippen molar-refractivity contribution in [3.05, 3.63) is 44.9 Å². The van der Waals surface area contributed by atoms with Gasteiger partial charge in [-0.05, 0) is 49.1 Å². The highest BCUT2D eigenvalue weighted by Gasteiger charge is 2.32. The third-order valence-corrected chi connectivity index (χ3v) is 6.85. The zero-order chi connectivity index (χ0) is 18.1. The van der Waals surface area contributed by atoms with Gasteiger partial charge in [0.1, 0.15) is 5.69 Å². The topological polar surface area (TPSA) is 59.2 Å². The Morgan fingerprint density at radius 2 is 2.08 bits per heavy atom. The smallest absolute Gasteiger partial charge is 0.355 e. The number of hydrogen-bond acceptors (Lipinski definition) is 4. The Balaban J connectivity index is 1.49. The summed E-state index contributed by atoms with van der Waals surface area (Å²) in [5.74, 6) is 0.509. The predicted octanol–water partition coefficient (Wildman–Crippen LogP) is 5.03. The second-order valence-electron chi connectivity index (χ2n) is 7.62. The van der Waals surface area contributed by atoms with Crippen molar-refractivity contribution in [3.8, 4) is 0 Å². The number of H-pyrrole nitrogens is 1. The van der Waals surface area contributed by atoms with Crippen LogP contribution < -0.4 is 0 Å². The molecule has 0 bridgehead atoms. The number of carbonyl (C=O) groups is 2. The SMILES string of the molecule is Cc1c(C(=O)OCC2CCCCC2)[nH]c2c1C(=O)C[C@H](c1cccs1)C2. The Hall–Kier alpha value is -1.88. The fraction of sp³-hybridized carbons (Fsp3) is 0.524. The standard InChI is InChI=1S/C21H25NO3S/c1-13-19-16(10-15(11-17(19)23)18-8-5-9-26-18)22-20(13)21(24)25-12-14-6-3-2-4-7-14/h5,8-9,14-15,22H,2-4,6-7,10-12H2,1H3/t15-/m1/s1. The van der Waals surface area contributed by atoms with Crippen LogP contribution in [-0.4, -0.2) is 23.3 Å². The van der Waals surface area contributed by atoms with Gasteiger partial charge < -0.3 is 9.72 Å². The van der Waals surface area contributed by atoms with Gasteiger partial charge in [-0.2, -0.15) is 0 Å². The number of rotatable bonds is 4. The molecule has 2 aliphatic carbocycles. The lowest BCUT2D eigenvalue weighted by atomic mass is 9.84. The molecule has 0 aromatic carbocycles. The van der Waals surface area contributed by atoms with Gasteiger partial charge in [0.05, 0.1) is 6.61 Å². The van der Waals surface area contributed by atoms with Gasteiger partial charge in [0, 0.05) is 28.5 Å². The molecule has 0 unspecified atom stereocenters. The molecule has 0 saturated heterocycles. The Kier molecular flexibility index (Phi) is 4.98. The van der Waals surface area contributed by atoms with Gasteiger partial charge >= 0.3 is 5.97 Å². The molecule has 1 saturated carbocycles. The van der Waals surface area contributed by atoms with E-state index in [0.29, 0.717) is 30.2 Å². The summed E-state index contributed by atoms with van der Waals surface area (Å²) in [5, 5.41) is 2.04. The fourth-order valence-corrected chi connectivity index (χ4v) is 5.21. The summed E-state index contributed by atoms with van der Waals surface area (Å²) in [6, 6.07) is 4.11. The largest absolute Gasteiger partial charge is 0.461 e. The molecular weight excluding hydrogens is 346 g/mol. The summed E-state index contributed by atoms with van der Waals surface area (Å²) in [4.78, 5) is 29.7. The Morgan fingerprint density at radius 3 is 2.81 bits per heavy atom. The summed E-state index contributed by atoms with van der Waals surface area (Å²) in [6.07, 6.45) is 7.35. The van der Waals surface area contributed by atoms with E-state index in [9.17, 15) is 9.59 Å². The predicted molar refractivity (Wildman–Crippen MR) is 102 cm³/mol. The van der Waals surface area contributed by atoms with Crippen LogP contribution in [-0.2, 0) is 11.2 Å². The second-order valence-corrected chi connectivity index (χ2v) is 8.60. The molecule has 1 N–H and O–H groups in total. The number of aromatic amines is 1. The molecule has 1 fully saturated rings. The van der Waals surface area contributed by atoms with Crippen LogP contribution in [0.2, 0.25) is 0 Å². The lowest BCUT2D eigenvalue weighted by Crippen LogP contribution is -2.18. The third kappa shape index (κ3) is 3.37. The van der Waals surface area contributed by atoms with Crippen molar-refractivity contribution in [1.82, 2.24) is 4.98 Å². The number of Topliss-reactive ketones (excluding diaryl/α,β-unsaturated/α-hetero) is 1. The summed E-state index contributed by atoms with van der Waals surface area (Å²) < 4.78 is 5.58. The molecule has 0 spiro atoms. The fourth-order valence-electron chi connectivity index (χ4n) is 4.38. The summed E-state index contributed by atoms with van der Waals surface area (Å²) in [5.41, 5.74) is 2.82. The normalized spacial score (nSPS) is 20.8. The van der Waals surface area contributed by atoms with E-state index in [1.807, 2.05) is 18.4 Å². The van der Waals surface area contributed by atoms with Crippen LogP contribution in [0.4, 0.5) is 0 Å². The van der Waals surface area contributed by atoms with Crippen LogP contribution in [0.3, 0.4) is 0 Å². The first-order valence-corrected chi connectivity index (χ1v) is 10.5. The van der Waals surface area contributed by atoms with Gasteiger partial charge in [-0.25, -0.2) is 4.79 Å². The Morgan fingerprint density at radius 1 is 1.27 bits per heavy atom. The molecule has 2 heterocycles. The van der Waals surface area contributed by atoms with Crippen LogP contribution in [0.15, 0.2) is 17.5 Å². The molecule has 2 aromatic heterocycles. The Bertz CT molecular complexity index is 800. The van der Waals surface area contributed by atoms with Crippen molar-refractivity contribution in [2.45, 2.75) is 57.8 Å². The van der Waals surface area contributed by atoms with Gasteiger partial charge in [0.25, 0.3) is 0 Å². The molecule has 0 radical (unpaired) electrons. The first-order valence-electron chi connectivity index (χ1n) is 9.58. The van der Waals surface area contributed by atoms with Gasteiger partial charge in [0.15, 0.2) is 5.78 Å². The number of ether oxygens (including phenoxy) is 1. The Labute approximate surface area is 158 Å². The molecule has 138 valence electrons. The van der Waals surface area contributed by atoms with Crippen molar-refractivity contribution in [3.63, 3.8) is 0 Å². The molecule has 26 heavy (non-hydrogen) atoms. The highest BCUT2D eigenvalue weighted by atomic mass is 32.1. The quantitative estimate of drug-likeness (QED) is 0.767. The average molecular weight is 372 g/mol. The molecule has 1 atom stereocenters. The molecule has 4 rings (SSSR count). The summed E-state index contributed by atoms with van der Waals surface area (Å²) in [7, 11) is 0. The minimum Gasteiger partial charge on any atom is -0.461 e. The lowest BCUT2D eigenvalue weighted by molar-refractivity contribution is 0.0403. The third-order valence-electron chi connectivity index (χ3n) is 5.81. The molecule has 0 aliphatic heterocycles. The van der Waals surface area contributed by atoms with E-state index in [2.05, 4.69) is 11.1 Å². The zero-order valence-electron chi connectivity index (χ0n) is 15.2. The van der Waals surface area contributed by atoms with Crippen molar-refractivity contribution in [2.24, 2.45) is 5.92 Å². The van der Waals surface area contributed by atoms with E-state index in [0.717, 1.165) is 30.5 Å². The molecule has 0 amide bonds. The minimum absolute atomic E-state index is 0.129. The summed E-state index contributed by atoms with van der Waals surface area (Å²) in [6.45, 7) is 2.35. The van der Waals surface area contributed by atoms with Gasteiger partial charge in [-0.3, -0.25) is 4.79 Å².